The van der Waals surface area contributed by atoms with Crippen molar-refractivity contribution in [2.75, 3.05) is 46.9 Å². The molecule has 0 saturated carbocycles. The van der Waals surface area contributed by atoms with Gasteiger partial charge in [-0.25, -0.2) is 0 Å². The lowest BCUT2D eigenvalue weighted by Gasteiger charge is -2.28. The number of hydrogen-bond acceptors (Lipinski definition) is 7. The number of carbonyl (C=O) groups is 1. The van der Waals surface area contributed by atoms with Crippen molar-refractivity contribution in [3.05, 3.63) is 38.4 Å². The molecular formula is C20H30N4O3S. The van der Waals surface area contributed by atoms with Gasteiger partial charge in [0.2, 0.25) is 0 Å². The van der Waals surface area contributed by atoms with Gasteiger partial charge in [0.15, 0.2) is 0 Å². The number of carbonyl (C=O) groups excluding carboxylic acids is 1. The zero-order chi connectivity index (χ0) is 20.3. The monoisotopic (exact) mass is 406 g/mol. The van der Waals surface area contributed by atoms with Crippen LogP contribution in [0.25, 0.3) is 0 Å². The van der Waals surface area contributed by atoms with Crippen molar-refractivity contribution in [3.8, 4) is 0 Å². The second-order valence-electron chi connectivity index (χ2n) is 7.63. The van der Waals surface area contributed by atoms with E-state index in [-0.39, 0.29) is 12.5 Å². The number of aromatic nitrogens is 1. The van der Waals surface area contributed by atoms with E-state index in [0.717, 1.165) is 55.2 Å². The summed E-state index contributed by atoms with van der Waals surface area (Å²) in [6, 6.07) is 0. The van der Waals surface area contributed by atoms with Crippen LogP contribution >= 0.6 is 11.3 Å². The van der Waals surface area contributed by atoms with Crippen LogP contribution in [0.5, 0.6) is 0 Å². The van der Waals surface area contributed by atoms with Crippen LogP contribution in [-0.2, 0) is 19.5 Å². The molecule has 0 atom stereocenters. The van der Waals surface area contributed by atoms with Crippen molar-refractivity contribution >= 4 is 17.2 Å². The largest absolute Gasteiger partial charge is 0.395 e. The summed E-state index contributed by atoms with van der Waals surface area (Å²) in [5.74, 6) is 0.915. The van der Waals surface area contributed by atoms with E-state index >= 15 is 0 Å². The molecule has 0 bridgehead atoms. The van der Waals surface area contributed by atoms with E-state index in [2.05, 4.69) is 10.1 Å². The fourth-order valence-electron chi connectivity index (χ4n) is 3.57. The molecule has 1 N–H and O–H groups in total. The van der Waals surface area contributed by atoms with Gasteiger partial charge in [0.05, 0.1) is 17.9 Å². The van der Waals surface area contributed by atoms with E-state index in [0.29, 0.717) is 13.1 Å². The molecule has 8 heteroatoms. The van der Waals surface area contributed by atoms with Gasteiger partial charge in [0, 0.05) is 55.1 Å². The maximum absolute atomic E-state index is 13.1. The van der Waals surface area contributed by atoms with Crippen LogP contribution in [0.2, 0.25) is 0 Å². The van der Waals surface area contributed by atoms with Gasteiger partial charge in [-0.05, 0) is 39.9 Å². The summed E-state index contributed by atoms with van der Waals surface area (Å²) in [5, 5.41) is 15.4. The van der Waals surface area contributed by atoms with Crippen molar-refractivity contribution < 1.29 is 14.4 Å². The minimum Gasteiger partial charge on any atom is -0.395 e. The zero-order valence-corrected chi connectivity index (χ0v) is 18.0. The van der Waals surface area contributed by atoms with Crippen LogP contribution in [0.3, 0.4) is 0 Å². The van der Waals surface area contributed by atoms with E-state index in [1.54, 1.807) is 16.2 Å². The molecule has 7 nitrogen and oxygen atoms in total. The predicted octanol–water partition coefficient (Wildman–Crippen LogP) is 1.91. The number of amides is 1. The van der Waals surface area contributed by atoms with Crippen molar-refractivity contribution in [1.82, 2.24) is 19.9 Å². The molecule has 1 aliphatic heterocycles. The first-order valence-corrected chi connectivity index (χ1v) is 10.6. The van der Waals surface area contributed by atoms with E-state index in [1.165, 1.54) is 10.4 Å². The summed E-state index contributed by atoms with van der Waals surface area (Å²) in [5.41, 5.74) is 4.10. The van der Waals surface area contributed by atoms with E-state index in [4.69, 9.17) is 4.52 Å². The van der Waals surface area contributed by atoms with Crippen LogP contribution in [0.4, 0.5) is 0 Å². The van der Waals surface area contributed by atoms with Crippen LogP contribution in [0, 0.1) is 13.8 Å². The smallest absolute Gasteiger partial charge is 0.255 e. The van der Waals surface area contributed by atoms with Crippen molar-refractivity contribution in [2.45, 2.75) is 33.4 Å². The second-order valence-corrected chi connectivity index (χ2v) is 8.60. The van der Waals surface area contributed by atoms with Crippen molar-refractivity contribution in [2.24, 2.45) is 0 Å². The lowest BCUT2D eigenvalue weighted by molar-refractivity contribution is 0.0708. The molecule has 0 aromatic carbocycles. The number of aliphatic hydroxyl groups excluding tert-OH is 1. The molecular weight excluding hydrogens is 376 g/mol. The molecule has 28 heavy (non-hydrogen) atoms. The minimum absolute atomic E-state index is 0.0172. The number of rotatable bonds is 8. The van der Waals surface area contributed by atoms with Crippen molar-refractivity contribution in [1.29, 1.82) is 0 Å². The number of aliphatic hydroxyl groups is 1. The van der Waals surface area contributed by atoms with E-state index in [9.17, 15) is 9.90 Å². The highest BCUT2D eigenvalue weighted by atomic mass is 32.1. The van der Waals surface area contributed by atoms with E-state index in [1.807, 2.05) is 38.2 Å². The topological polar surface area (TPSA) is 73.0 Å². The lowest BCUT2D eigenvalue weighted by atomic mass is 10.0. The molecule has 2 aromatic rings. The molecule has 1 amide bonds. The third-order valence-corrected chi connectivity index (χ3v) is 6.31. The highest BCUT2D eigenvalue weighted by molar-refractivity contribution is 7.10. The number of hydrogen-bond donors (Lipinski definition) is 1. The van der Waals surface area contributed by atoms with Gasteiger partial charge in [-0.1, -0.05) is 5.16 Å². The highest BCUT2D eigenvalue weighted by Crippen LogP contribution is 2.31. The van der Waals surface area contributed by atoms with Crippen molar-refractivity contribution in [3.63, 3.8) is 0 Å². The Morgan fingerprint density at radius 2 is 2.11 bits per heavy atom. The van der Waals surface area contributed by atoms with Crippen LogP contribution in [0.1, 0.15) is 37.8 Å². The highest BCUT2D eigenvalue weighted by Gasteiger charge is 2.27. The van der Waals surface area contributed by atoms with Gasteiger partial charge < -0.3 is 19.4 Å². The molecule has 0 unspecified atom stereocenters. The van der Waals surface area contributed by atoms with Gasteiger partial charge in [-0.15, -0.1) is 11.3 Å². The SMILES string of the molecule is Cc1noc(C)c1CN1CCc2c(C(=O)N(CCO)CCN(C)C)csc2C1. The Morgan fingerprint density at radius 3 is 2.75 bits per heavy atom. The van der Waals surface area contributed by atoms with Gasteiger partial charge in [-0.2, -0.15) is 0 Å². The van der Waals surface area contributed by atoms with E-state index < -0.39 is 0 Å². The predicted molar refractivity (Wildman–Crippen MR) is 110 cm³/mol. The summed E-state index contributed by atoms with van der Waals surface area (Å²) >= 11 is 1.66. The molecule has 0 fully saturated rings. The maximum atomic E-state index is 13.1. The molecule has 154 valence electrons. The molecule has 3 rings (SSSR count). The molecule has 1 aliphatic rings. The normalized spacial score (nSPS) is 14.5. The number of nitrogens with zero attached hydrogens (tertiary/aromatic N) is 4. The third-order valence-electron chi connectivity index (χ3n) is 5.29. The molecule has 0 radical (unpaired) electrons. The van der Waals surface area contributed by atoms with Crippen LogP contribution < -0.4 is 0 Å². The number of fused-ring (bicyclic) bond motifs is 1. The molecule has 0 spiro atoms. The van der Waals surface area contributed by atoms with Gasteiger partial charge in [-0.3, -0.25) is 9.69 Å². The Balaban J connectivity index is 1.70. The summed E-state index contributed by atoms with van der Waals surface area (Å²) < 4.78 is 5.28. The Morgan fingerprint density at radius 1 is 1.32 bits per heavy atom. The molecule has 3 heterocycles. The standard InChI is InChI=1S/C20H30N4O3S/c1-14-17(15(2)27-21-14)11-23-6-5-16-18(13-28-19(16)12-23)20(26)24(9-10-25)8-7-22(3)4/h13,25H,5-12H2,1-4H3. The Kier molecular flexibility index (Phi) is 6.87. The zero-order valence-electron chi connectivity index (χ0n) is 17.2. The fourth-order valence-corrected chi connectivity index (χ4v) is 4.69. The first kappa shape index (κ1) is 21.0. The summed E-state index contributed by atoms with van der Waals surface area (Å²) in [4.78, 5) is 20.5. The summed E-state index contributed by atoms with van der Waals surface area (Å²) in [6.07, 6.45) is 0.865. The summed E-state index contributed by atoms with van der Waals surface area (Å²) in [7, 11) is 3.98. The molecule has 0 saturated heterocycles. The Bertz CT molecular complexity index is 795. The average molecular weight is 407 g/mol. The van der Waals surface area contributed by atoms with Gasteiger partial charge in [0.1, 0.15) is 5.76 Å². The van der Waals surface area contributed by atoms with Gasteiger partial charge in [0.25, 0.3) is 5.91 Å². The lowest BCUT2D eigenvalue weighted by Crippen LogP contribution is -2.39. The summed E-state index contributed by atoms with van der Waals surface area (Å²) in [6.45, 7) is 8.26. The molecule has 0 aliphatic carbocycles. The average Bonchev–Trinajstić information content (AvgIpc) is 3.22. The number of aryl methyl sites for hydroxylation is 2. The Labute approximate surface area is 170 Å². The second kappa shape index (κ2) is 9.17. The number of thiophene rings is 1. The van der Waals surface area contributed by atoms with Gasteiger partial charge >= 0.3 is 0 Å². The molecule has 2 aromatic heterocycles. The quantitative estimate of drug-likeness (QED) is 0.722. The minimum atomic E-state index is -0.0172. The fraction of sp³-hybridized carbons (Fsp3) is 0.600. The van der Waals surface area contributed by atoms with Crippen LogP contribution in [0.15, 0.2) is 9.90 Å². The first-order valence-electron chi connectivity index (χ1n) is 9.69. The third kappa shape index (κ3) is 4.63. The maximum Gasteiger partial charge on any atom is 0.255 e. The first-order chi connectivity index (χ1) is 13.4. The van der Waals surface area contributed by atoms with Crippen LogP contribution in [-0.4, -0.2) is 77.8 Å². The number of likely N-dealkylation sites (N-methyl/N-ethyl adjacent to an activating group) is 1. The Hall–Kier alpha value is -1.74.